The Kier molecular flexibility index (Phi) is 4.95. The van der Waals surface area contributed by atoms with E-state index in [1.807, 2.05) is 25.1 Å². The number of anilines is 1. The number of nitrogens with zero attached hydrogens (tertiary/aromatic N) is 3. The highest BCUT2D eigenvalue weighted by atomic mass is 19.1. The number of carbonyl (C=O) groups is 1. The normalized spacial score (nSPS) is 10.9. The highest BCUT2D eigenvalue weighted by molar-refractivity contribution is 5.94. The van der Waals surface area contributed by atoms with E-state index < -0.39 is 0 Å². The maximum absolute atomic E-state index is 14.3. The fraction of sp³-hybridized carbons (Fsp3) is 0.136. The molecule has 2 N–H and O–H groups in total. The number of hydrogen-bond acceptors (Lipinski definition) is 4. The summed E-state index contributed by atoms with van der Waals surface area (Å²) in [5, 5.41) is 10.3. The van der Waals surface area contributed by atoms with Crippen molar-refractivity contribution in [2.24, 2.45) is 0 Å². The Hall–Kier alpha value is -3.74. The van der Waals surface area contributed by atoms with Crippen LogP contribution in [0.25, 0.3) is 16.9 Å². The summed E-state index contributed by atoms with van der Waals surface area (Å²) < 4.78 is 16.0. The van der Waals surface area contributed by atoms with E-state index in [0.29, 0.717) is 34.8 Å². The summed E-state index contributed by atoms with van der Waals surface area (Å²) in [5.74, 6) is 0.222. The Labute approximate surface area is 167 Å². The highest BCUT2D eigenvalue weighted by Crippen LogP contribution is 2.26. The molecule has 2 heterocycles. The Balaban J connectivity index is 1.70. The molecule has 6 nitrogen and oxygen atoms in total. The molecule has 0 atom stereocenters. The van der Waals surface area contributed by atoms with Crippen LogP contribution in [0.15, 0.2) is 60.8 Å². The van der Waals surface area contributed by atoms with Gasteiger partial charge in [-0.2, -0.15) is 9.61 Å². The molecule has 1 amide bonds. The number of benzene rings is 2. The van der Waals surface area contributed by atoms with Gasteiger partial charge in [-0.05, 0) is 36.8 Å². The van der Waals surface area contributed by atoms with Crippen LogP contribution in [-0.4, -0.2) is 27.6 Å². The number of carbonyl (C=O) groups excluding carboxylic acids is 1. The van der Waals surface area contributed by atoms with Gasteiger partial charge in [-0.25, -0.2) is 9.37 Å². The average molecular weight is 389 g/mol. The van der Waals surface area contributed by atoms with Gasteiger partial charge in [0, 0.05) is 36.3 Å². The molecule has 0 aliphatic rings. The SMILES string of the molecule is CNC(=O)c1cccc(CNc2cc(-c3ccccc3F)nc3c(C)cnn23)c1. The molecule has 146 valence electrons. The number of nitrogens with one attached hydrogen (secondary N) is 2. The number of hydrogen-bond donors (Lipinski definition) is 2. The van der Waals surface area contributed by atoms with Gasteiger partial charge in [0.05, 0.1) is 11.9 Å². The summed E-state index contributed by atoms with van der Waals surface area (Å²) in [7, 11) is 1.60. The molecular formula is C22H20FN5O. The van der Waals surface area contributed by atoms with Crippen LogP contribution in [0.4, 0.5) is 10.2 Å². The minimum atomic E-state index is -0.328. The molecule has 0 aliphatic heterocycles. The Morgan fingerprint density at radius 3 is 2.76 bits per heavy atom. The predicted octanol–water partition coefficient (Wildman–Crippen LogP) is 3.82. The molecule has 4 rings (SSSR count). The van der Waals surface area contributed by atoms with Crippen molar-refractivity contribution in [1.82, 2.24) is 19.9 Å². The van der Waals surface area contributed by atoms with Gasteiger partial charge < -0.3 is 10.6 Å². The highest BCUT2D eigenvalue weighted by Gasteiger charge is 2.13. The fourth-order valence-electron chi connectivity index (χ4n) is 3.16. The quantitative estimate of drug-likeness (QED) is 0.544. The molecule has 0 fully saturated rings. The Morgan fingerprint density at radius 1 is 1.14 bits per heavy atom. The van der Waals surface area contributed by atoms with Gasteiger partial charge in [-0.3, -0.25) is 4.79 Å². The zero-order valence-electron chi connectivity index (χ0n) is 16.1. The first-order valence-corrected chi connectivity index (χ1v) is 9.22. The van der Waals surface area contributed by atoms with Crippen LogP contribution >= 0.6 is 0 Å². The van der Waals surface area contributed by atoms with Crippen LogP contribution in [-0.2, 0) is 6.54 Å². The lowest BCUT2D eigenvalue weighted by molar-refractivity contribution is 0.0963. The molecule has 0 bridgehead atoms. The van der Waals surface area contributed by atoms with Crippen molar-refractivity contribution in [2.45, 2.75) is 13.5 Å². The van der Waals surface area contributed by atoms with Crippen LogP contribution in [0.5, 0.6) is 0 Å². The largest absolute Gasteiger partial charge is 0.366 e. The first-order chi connectivity index (χ1) is 14.1. The van der Waals surface area contributed by atoms with Gasteiger partial charge in [0.2, 0.25) is 0 Å². The van der Waals surface area contributed by atoms with Gasteiger partial charge >= 0.3 is 0 Å². The molecule has 2 aromatic heterocycles. The molecule has 4 aromatic rings. The van der Waals surface area contributed by atoms with Crippen molar-refractivity contribution in [1.29, 1.82) is 0 Å². The van der Waals surface area contributed by atoms with Gasteiger partial charge in [-0.15, -0.1) is 0 Å². The first-order valence-electron chi connectivity index (χ1n) is 9.22. The molecule has 0 radical (unpaired) electrons. The maximum Gasteiger partial charge on any atom is 0.251 e. The smallest absolute Gasteiger partial charge is 0.251 e. The second kappa shape index (κ2) is 7.71. The van der Waals surface area contributed by atoms with Crippen molar-refractivity contribution >= 4 is 17.4 Å². The maximum atomic E-state index is 14.3. The fourth-order valence-corrected chi connectivity index (χ4v) is 3.16. The lowest BCUT2D eigenvalue weighted by Gasteiger charge is -2.12. The molecule has 29 heavy (non-hydrogen) atoms. The number of fused-ring (bicyclic) bond motifs is 1. The van der Waals surface area contributed by atoms with E-state index in [-0.39, 0.29) is 11.7 Å². The van der Waals surface area contributed by atoms with Crippen molar-refractivity contribution in [3.63, 3.8) is 0 Å². The van der Waals surface area contributed by atoms with E-state index in [1.165, 1.54) is 6.07 Å². The molecule has 0 saturated heterocycles. The summed E-state index contributed by atoms with van der Waals surface area (Å²) in [6, 6.07) is 15.7. The van der Waals surface area contributed by atoms with Crippen LogP contribution in [0.3, 0.4) is 0 Å². The van der Waals surface area contributed by atoms with Crippen molar-refractivity contribution in [3.05, 3.63) is 83.3 Å². The number of rotatable bonds is 5. The lowest BCUT2D eigenvalue weighted by Crippen LogP contribution is -2.18. The number of aryl methyl sites for hydroxylation is 1. The van der Waals surface area contributed by atoms with Crippen LogP contribution in [0, 0.1) is 12.7 Å². The molecule has 7 heteroatoms. The summed E-state index contributed by atoms with van der Waals surface area (Å²) in [5.41, 5.74) is 4.04. The molecule has 2 aromatic carbocycles. The summed E-state index contributed by atoms with van der Waals surface area (Å²) in [4.78, 5) is 16.5. The van der Waals surface area contributed by atoms with Gasteiger partial charge in [0.15, 0.2) is 5.65 Å². The third-order valence-electron chi connectivity index (χ3n) is 4.69. The van der Waals surface area contributed by atoms with Crippen LogP contribution < -0.4 is 10.6 Å². The van der Waals surface area contributed by atoms with Gasteiger partial charge in [0.25, 0.3) is 5.91 Å². The first kappa shape index (κ1) is 18.6. The number of aromatic nitrogens is 3. The third kappa shape index (κ3) is 3.67. The van der Waals surface area contributed by atoms with Crippen molar-refractivity contribution < 1.29 is 9.18 Å². The molecule has 0 unspecified atom stereocenters. The minimum absolute atomic E-state index is 0.136. The molecule has 0 spiro atoms. The third-order valence-corrected chi connectivity index (χ3v) is 4.69. The monoisotopic (exact) mass is 389 g/mol. The zero-order valence-corrected chi connectivity index (χ0v) is 16.1. The van der Waals surface area contributed by atoms with Crippen LogP contribution in [0.1, 0.15) is 21.5 Å². The van der Waals surface area contributed by atoms with E-state index in [4.69, 9.17) is 0 Å². The summed E-state index contributed by atoms with van der Waals surface area (Å²) >= 11 is 0. The minimum Gasteiger partial charge on any atom is -0.366 e. The van der Waals surface area contributed by atoms with E-state index in [2.05, 4.69) is 20.7 Å². The Morgan fingerprint density at radius 2 is 1.97 bits per heavy atom. The average Bonchev–Trinajstić information content (AvgIpc) is 3.13. The van der Waals surface area contributed by atoms with Gasteiger partial charge in [0.1, 0.15) is 11.6 Å². The predicted molar refractivity (Wildman–Crippen MR) is 110 cm³/mol. The lowest BCUT2D eigenvalue weighted by atomic mass is 10.1. The standard InChI is InChI=1S/C22H20FN5O/c1-14-12-26-28-20(25-13-15-6-5-7-16(10-15)22(29)24-2)11-19(27-21(14)28)17-8-3-4-9-18(17)23/h3-12,25H,13H2,1-2H3,(H,24,29). The summed E-state index contributed by atoms with van der Waals surface area (Å²) in [6.45, 7) is 2.39. The van der Waals surface area contributed by atoms with Crippen LogP contribution in [0.2, 0.25) is 0 Å². The zero-order chi connectivity index (χ0) is 20.4. The Bertz CT molecular complexity index is 1200. The second-order valence-corrected chi connectivity index (χ2v) is 6.70. The van der Waals surface area contributed by atoms with Crippen molar-refractivity contribution in [2.75, 3.05) is 12.4 Å². The summed E-state index contributed by atoms with van der Waals surface area (Å²) in [6.07, 6.45) is 1.73. The number of halogens is 1. The van der Waals surface area contributed by atoms with Gasteiger partial charge in [-0.1, -0.05) is 24.3 Å². The van der Waals surface area contributed by atoms with E-state index in [9.17, 15) is 9.18 Å². The topological polar surface area (TPSA) is 71.3 Å². The number of amides is 1. The molecular weight excluding hydrogens is 369 g/mol. The molecule has 0 saturated carbocycles. The molecule has 0 aliphatic carbocycles. The van der Waals surface area contributed by atoms with Crippen molar-refractivity contribution in [3.8, 4) is 11.3 Å². The van der Waals surface area contributed by atoms with E-state index >= 15 is 0 Å². The second-order valence-electron chi connectivity index (χ2n) is 6.70. The van der Waals surface area contributed by atoms with E-state index in [0.717, 1.165) is 11.1 Å². The van der Waals surface area contributed by atoms with E-state index in [1.54, 1.807) is 48.1 Å².